The highest BCUT2D eigenvalue weighted by Gasteiger charge is 2.30. The molecule has 0 radical (unpaired) electrons. The number of likely N-dealkylation sites (tertiary alicyclic amines) is 1. The molecule has 2 rings (SSSR count). The number of aliphatic hydroxyl groups excluding tert-OH is 2. The summed E-state index contributed by atoms with van der Waals surface area (Å²) >= 11 is 0. The van der Waals surface area contributed by atoms with Gasteiger partial charge in [0.1, 0.15) is 0 Å². The molecular formula is C10H19N5O2. The van der Waals surface area contributed by atoms with Gasteiger partial charge in [0.2, 0.25) is 0 Å². The Kier molecular flexibility index (Phi) is 4.03. The molecule has 2 heterocycles. The topological polar surface area (TPSA) is 87.3 Å². The summed E-state index contributed by atoms with van der Waals surface area (Å²) in [6.07, 6.45) is 0.828. The standard InChI is InChI=1S/C10H19N5O2/c1-2-3-4-15-10(11-12-13-15)7-14-5-8(16)9(17)6-14/h8-9,16-17H,2-7H2,1H3/t8-,9+. The summed E-state index contributed by atoms with van der Waals surface area (Å²) in [4.78, 5) is 1.96. The fraction of sp³-hybridized carbons (Fsp3) is 0.900. The summed E-state index contributed by atoms with van der Waals surface area (Å²) in [5, 5.41) is 30.5. The van der Waals surface area contributed by atoms with E-state index in [0.717, 1.165) is 25.2 Å². The highest BCUT2D eigenvalue weighted by Crippen LogP contribution is 2.12. The lowest BCUT2D eigenvalue weighted by Crippen LogP contribution is -2.24. The minimum Gasteiger partial charge on any atom is -0.389 e. The maximum atomic E-state index is 9.46. The van der Waals surface area contributed by atoms with Crippen LogP contribution < -0.4 is 0 Å². The molecule has 0 aliphatic carbocycles. The van der Waals surface area contributed by atoms with Crippen molar-refractivity contribution in [1.29, 1.82) is 0 Å². The van der Waals surface area contributed by atoms with Crippen LogP contribution in [0.2, 0.25) is 0 Å². The average molecular weight is 241 g/mol. The molecule has 1 aliphatic rings. The molecule has 1 aliphatic heterocycles. The summed E-state index contributed by atoms with van der Waals surface area (Å²) in [5.41, 5.74) is 0. The Balaban J connectivity index is 1.92. The van der Waals surface area contributed by atoms with Crippen LogP contribution in [0.15, 0.2) is 0 Å². The Morgan fingerprint density at radius 3 is 2.65 bits per heavy atom. The molecule has 1 aromatic heterocycles. The quantitative estimate of drug-likeness (QED) is 0.688. The number of aliphatic hydroxyl groups is 2. The summed E-state index contributed by atoms with van der Waals surface area (Å²) < 4.78 is 1.79. The van der Waals surface area contributed by atoms with Crippen molar-refractivity contribution in [2.24, 2.45) is 0 Å². The van der Waals surface area contributed by atoms with Crippen LogP contribution >= 0.6 is 0 Å². The van der Waals surface area contributed by atoms with Gasteiger partial charge < -0.3 is 10.2 Å². The zero-order valence-corrected chi connectivity index (χ0v) is 10.0. The van der Waals surface area contributed by atoms with Crippen LogP contribution in [0, 0.1) is 0 Å². The first-order valence-electron chi connectivity index (χ1n) is 6.04. The van der Waals surface area contributed by atoms with E-state index < -0.39 is 12.2 Å². The summed E-state index contributed by atoms with van der Waals surface area (Å²) in [5.74, 6) is 0.791. The predicted octanol–water partition coefficient (Wildman–Crippen LogP) is -0.989. The molecule has 0 spiro atoms. The van der Waals surface area contributed by atoms with Gasteiger partial charge in [-0.3, -0.25) is 4.90 Å². The average Bonchev–Trinajstić information content (AvgIpc) is 2.85. The molecule has 0 aromatic carbocycles. The first-order valence-corrected chi connectivity index (χ1v) is 6.04. The molecule has 7 heteroatoms. The van der Waals surface area contributed by atoms with Crippen LogP contribution in [0.25, 0.3) is 0 Å². The highest BCUT2D eigenvalue weighted by atomic mass is 16.3. The van der Waals surface area contributed by atoms with Crippen molar-refractivity contribution in [3.63, 3.8) is 0 Å². The molecule has 0 unspecified atom stereocenters. The molecule has 96 valence electrons. The third-order valence-corrected chi connectivity index (χ3v) is 3.03. The third kappa shape index (κ3) is 2.99. The van der Waals surface area contributed by atoms with Crippen LogP contribution in [0.5, 0.6) is 0 Å². The van der Waals surface area contributed by atoms with Gasteiger partial charge in [-0.15, -0.1) is 5.10 Å². The maximum absolute atomic E-state index is 9.46. The molecule has 1 saturated heterocycles. The van der Waals surface area contributed by atoms with Gasteiger partial charge in [0.25, 0.3) is 0 Å². The second-order valence-corrected chi connectivity index (χ2v) is 4.50. The number of hydrogen-bond donors (Lipinski definition) is 2. The maximum Gasteiger partial charge on any atom is 0.165 e. The van der Waals surface area contributed by atoms with E-state index in [0.29, 0.717) is 19.6 Å². The number of unbranched alkanes of at least 4 members (excludes halogenated alkanes) is 1. The lowest BCUT2D eigenvalue weighted by Gasteiger charge is -2.13. The first-order chi connectivity index (χ1) is 8.20. The van der Waals surface area contributed by atoms with Crippen LogP contribution in [0.4, 0.5) is 0 Å². The molecule has 1 fully saturated rings. The van der Waals surface area contributed by atoms with E-state index >= 15 is 0 Å². The first kappa shape index (κ1) is 12.4. The molecular weight excluding hydrogens is 222 g/mol. The van der Waals surface area contributed by atoms with Crippen molar-refractivity contribution in [2.75, 3.05) is 13.1 Å². The second-order valence-electron chi connectivity index (χ2n) is 4.50. The molecule has 7 nitrogen and oxygen atoms in total. The molecule has 1 aromatic rings. The van der Waals surface area contributed by atoms with Gasteiger partial charge >= 0.3 is 0 Å². The number of aryl methyl sites for hydroxylation is 1. The van der Waals surface area contributed by atoms with E-state index in [1.807, 2.05) is 4.90 Å². The Bertz CT molecular complexity index is 346. The molecule has 2 N–H and O–H groups in total. The zero-order chi connectivity index (χ0) is 12.3. The third-order valence-electron chi connectivity index (χ3n) is 3.03. The van der Waals surface area contributed by atoms with Crippen molar-refractivity contribution in [2.45, 2.75) is 45.1 Å². The summed E-state index contributed by atoms with van der Waals surface area (Å²) in [6, 6.07) is 0. The highest BCUT2D eigenvalue weighted by molar-refractivity contribution is 4.88. The van der Waals surface area contributed by atoms with E-state index in [1.54, 1.807) is 4.68 Å². The van der Waals surface area contributed by atoms with Gasteiger partial charge in [-0.05, 0) is 16.8 Å². The number of rotatable bonds is 5. The monoisotopic (exact) mass is 241 g/mol. The van der Waals surface area contributed by atoms with Crippen molar-refractivity contribution < 1.29 is 10.2 Å². The molecule has 0 amide bonds. The number of tetrazole rings is 1. The van der Waals surface area contributed by atoms with E-state index in [2.05, 4.69) is 22.4 Å². The number of aromatic nitrogens is 4. The van der Waals surface area contributed by atoms with Crippen molar-refractivity contribution >= 4 is 0 Å². The zero-order valence-electron chi connectivity index (χ0n) is 10.0. The fourth-order valence-electron chi connectivity index (χ4n) is 1.99. The fourth-order valence-corrected chi connectivity index (χ4v) is 1.99. The number of nitrogens with zero attached hydrogens (tertiary/aromatic N) is 5. The Morgan fingerprint density at radius 2 is 2.00 bits per heavy atom. The van der Waals surface area contributed by atoms with Gasteiger partial charge in [0.05, 0.1) is 18.8 Å². The molecule has 0 bridgehead atoms. The summed E-state index contributed by atoms with van der Waals surface area (Å²) in [7, 11) is 0. The summed E-state index contributed by atoms with van der Waals surface area (Å²) in [6.45, 7) is 4.46. The van der Waals surface area contributed by atoms with E-state index in [1.165, 1.54) is 0 Å². The second kappa shape index (κ2) is 5.52. The van der Waals surface area contributed by atoms with Gasteiger partial charge in [-0.25, -0.2) is 4.68 Å². The smallest absolute Gasteiger partial charge is 0.165 e. The van der Waals surface area contributed by atoms with Gasteiger partial charge in [-0.1, -0.05) is 13.3 Å². The lowest BCUT2D eigenvalue weighted by atomic mass is 10.3. The Labute approximate surface area is 100 Å². The molecule has 0 saturated carbocycles. The largest absolute Gasteiger partial charge is 0.389 e. The van der Waals surface area contributed by atoms with Gasteiger partial charge in [-0.2, -0.15) is 0 Å². The van der Waals surface area contributed by atoms with Gasteiger partial charge in [0.15, 0.2) is 5.82 Å². The van der Waals surface area contributed by atoms with Gasteiger partial charge in [0, 0.05) is 19.6 Å². The lowest BCUT2D eigenvalue weighted by molar-refractivity contribution is 0.0572. The predicted molar refractivity (Wildman–Crippen MR) is 60.0 cm³/mol. The molecule has 2 atom stereocenters. The van der Waals surface area contributed by atoms with Crippen molar-refractivity contribution in [3.05, 3.63) is 5.82 Å². The number of hydrogen-bond acceptors (Lipinski definition) is 6. The SMILES string of the molecule is CCCCn1nnnc1CN1C[C@@H](O)[C@@H](O)C1. The van der Waals surface area contributed by atoms with Crippen LogP contribution in [-0.2, 0) is 13.1 Å². The minimum atomic E-state index is -0.657. The van der Waals surface area contributed by atoms with E-state index in [4.69, 9.17) is 0 Å². The molecule has 17 heavy (non-hydrogen) atoms. The van der Waals surface area contributed by atoms with Crippen LogP contribution in [0.3, 0.4) is 0 Å². The Morgan fingerprint density at radius 1 is 1.29 bits per heavy atom. The normalized spacial score (nSPS) is 25.6. The minimum absolute atomic E-state index is 0.474. The number of β-amino-alcohol motifs (C(OH)–C–C–N with tert-alkyl or cyclic N) is 2. The van der Waals surface area contributed by atoms with Crippen molar-refractivity contribution in [1.82, 2.24) is 25.1 Å². The van der Waals surface area contributed by atoms with Crippen molar-refractivity contribution in [3.8, 4) is 0 Å². The van der Waals surface area contributed by atoms with Crippen LogP contribution in [0.1, 0.15) is 25.6 Å². The van der Waals surface area contributed by atoms with E-state index in [9.17, 15) is 10.2 Å². The van der Waals surface area contributed by atoms with Crippen LogP contribution in [-0.4, -0.2) is 60.6 Å². The Hall–Kier alpha value is -1.05. The van der Waals surface area contributed by atoms with E-state index in [-0.39, 0.29) is 0 Å².